The van der Waals surface area contributed by atoms with Gasteiger partial charge in [0.25, 0.3) is 0 Å². The van der Waals surface area contributed by atoms with E-state index < -0.39 is 0 Å². The van der Waals surface area contributed by atoms with Crippen LogP contribution in [-0.4, -0.2) is 6.54 Å². The summed E-state index contributed by atoms with van der Waals surface area (Å²) in [5, 5.41) is 3.46. The molecule has 1 aromatic carbocycles. The second-order valence-electron chi connectivity index (χ2n) is 3.66. The smallest absolute Gasteiger partial charge is 0.0362 e. The summed E-state index contributed by atoms with van der Waals surface area (Å²) in [4.78, 5) is 0. The van der Waals surface area contributed by atoms with E-state index in [4.69, 9.17) is 5.73 Å². The topological polar surface area (TPSA) is 38.0 Å². The first-order valence-corrected chi connectivity index (χ1v) is 5.33. The van der Waals surface area contributed by atoms with Crippen LogP contribution in [0.5, 0.6) is 0 Å². The maximum Gasteiger partial charge on any atom is 0.0362 e. The highest BCUT2D eigenvalue weighted by molar-refractivity contribution is 5.47. The second-order valence-corrected chi connectivity index (χ2v) is 3.66. The molecule has 0 amide bonds. The molecular formula is C12H20N2. The molecule has 0 bridgehead atoms. The van der Waals surface area contributed by atoms with Gasteiger partial charge in [-0.2, -0.15) is 0 Å². The fourth-order valence-corrected chi connectivity index (χ4v) is 1.51. The summed E-state index contributed by atoms with van der Waals surface area (Å²) in [5.41, 5.74) is 7.96. The van der Waals surface area contributed by atoms with E-state index in [1.54, 1.807) is 0 Å². The van der Waals surface area contributed by atoms with Crippen LogP contribution in [0.2, 0.25) is 0 Å². The lowest BCUT2D eigenvalue weighted by atomic mass is 10.1. The maximum absolute atomic E-state index is 5.89. The number of nitrogen functional groups attached to an aromatic ring is 1. The Hall–Kier alpha value is -1.02. The summed E-state index contributed by atoms with van der Waals surface area (Å²) >= 11 is 0. The molecule has 78 valence electrons. The largest absolute Gasteiger partial charge is 0.398 e. The second kappa shape index (κ2) is 5.66. The van der Waals surface area contributed by atoms with Crippen LogP contribution in [-0.2, 0) is 0 Å². The molecule has 0 radical (unpaired) electrons. The number of hydrogen-bond acceptors (Lipinski definition) is 2. The lowest BCUT2D eigenvalue weighted by Crippen LogP contribution is -2.20. The van der Waals surface area contributed by atoms with E-state index in [0.717, 1.165) is 12.2 Å². The molecule has 2 heteroatoms. The Morgan fingerprint density at radius 3 is 2.71 bits per heavy atom. The molecule has 0 aliphatic heterocycles. The summed E-state index contributed by atoms with van der Waals surface area (Å²) in [5.74, 6) is 0. The molecule has 1 unspecified atom stereocenters. The van der Waals surface area contributed by atoms with Crippen molar-refractivity contribution >= 4 is 5.69 Å². The number of para-hydroxylation sites is 1. The minimum Gasteiger partial charge on any atom is -0.398 e. The minimum absolute atomic E-state index is 0.350. The Labute approximate surface area is 86.5 Å². The van der Waals surface area contributed by atoms with Crippen LogP contribution in [0, 0.1) is 0 Å². The summed E-state index contributed by atoms with van der Waals surface area (Å²) in [6, 6.07) is 8.39. The van der Waals surface area contributed by atoms with E-state index in [1.807, 2.05) is 18.2 Å². The van der Waals surface area contributed by atoms with Crippen molar-refractivity contribution in [3.05, 3.63) is 29.8 Å². The third-order valence-corrected chi connectivity index (χ3v) is 2.44. The normalized spacial score (nSPS) is 12.7. The zero-order chi connectivity index (χ0) is 10.4. The van der Waals surface area contributed by atoms with Gasteiger partial charge in [0.05, 0.1) is 0 Å². The molecule has 1 atom stereocenters. The molecule has 0 saturated heterocycles. The predicted molar refractivity (Wildman–Crippen MR) is 62.2 cm³/mol. The Morgan fingerprint density at radius 2 is 2.07 bits per heavy atom. The van der Waals surface area contributed by atoms with E-state index in [0.29, 0.717) is 6.04 Å². The monoisotopic (exact) mass is 192 g/mol. The first-order valence-electron chi connectivity index (χ1n) is 5.33. The molecule has 0 aliphatic rings. The van der Waals surface area contributed by atoms with Crippen LogP contribution >= 0.6 is 0 Å². The molecule has 3 N–H and O–H groups in total. The van der Waals surface area contributed by atoms with Gasteiger partial charge in [-0.1, -0.05) is 31.5 Å². The molecule has 0 aliphatic carbocycles. The average molecular weight is 192 g/mol. The van der Waals surface area contributed by atoms with Gasteiger partial charge in [-0.05, 0) is 31.5 Å². The van der Waals surface area contributed by atoms with Crippen LogP contribution in [0.1, 0.15) is 38.3 Å². The zero-order valence-corrected chi connectivity index (χ0v) is 9.09. The van der Waals surface area contributed by atoms with Gasteiger partial charge in [-0.3, -0.25) is 0 Å². The zero-order valence-electron chi connectivity index (χ0n) is 9.09. The number of benzene rings is 1. The van der Waals surface area contributed by atoms with E-state index in [2.05, 4.69) is 25.2 Å². The SMILES string of the molecule is CCCCNC(C)c1ccccc1N. The molecule has 0 fully saturated rings. The first kappa shape index (κ1) is 11.1. The predicted octanol–water partition coefficient (Wildman–Crippen LogP) is 2.72. The molecule has 0 aromatic heterocycles. The van der Waals surface area contributed by atoms with Crippen LogP contribution in [0.3, 0.4) is 0 Å². The third-order valence-electron chi connectivity index (χ3n) is 2.44. The number of anilines is 1. The van der Waals surface area contributed by atoms with Gasteiger partial charge in [-0.15, -0.1) is 0 Å². The fraction of sp³-hybridized carbons (Fsp3) is 0.500. The molecule has 1 rings (SSSR count). The van der Waals surface area contributed by atoms with Crippen molar-refractivity contribution in [1.29, 1.82) is 0 Å². The Kier molecular flexibility index (Phi) is 4.47. The quantitative estimate of drug-likeness (QED) is 0.556. The highest BCUT2D eigenvalue weighted by Crippen LogP contribution is 2.18. The molecule has 2 nitrogen and oxygen atoms in total. The number of hydrogen-bond donors (Lipinski definition) is 2. The van der Waals surface area contributed by atoms with Crippen LogP contribution < -0.4 is 11.1 Å². The molecule has 0 spiro atoms. The minimum atomic E-state index is 0.350. The summed E-state index contributed by atoms with van der Waals surface area (Å²) in [6.07, 6.45) is 2.45. The van der Waals surface area contributed by atoms with E-state index in [9.17, 15) is 0 Å². The highest BCUT2D eigenvalue weighted by Gasteiger charge is 2.06. The lowest BCUT2D eigenvalue weighted by Gasteiger charge is -2.15. The Morgan fingerprint density at radius 1 is 1.36 bits per heavy atom. The van der Waals surface area contributed by atoms with E-state index in [-0.39, 0.29) is 0 Å². The van der Waals surface area contributed by atoms with Gasteiger partial charge >= 0.3 is 0 Å². The highest BCUT2D eigenvalue weighted by atomic mass is 14.9. The van der Waals surface area contributed by atoms with Crippen molar-refractivity contribution in [2.24, 2.45) is 0 Å². The molecular weight excluding hydrogens is 172 g/mol. The van der Waals surface area contributed by atoms with Crippen LogP contribution in [0.4, 0.5) is 5.69 Å². The van der Waals surface area contributed by atoms with Gasteiger partial charge in [0, 0.05) is 11.7 Å². The van der Waals surface area contributed by atoms with Gasteiger partial charge in [-0.25, -0.2) is 0 Å². The Balaban J connectivity index is 2.51. The maximum atomic E-state index is 5.89. The van der Waals surface area contributed by atoms with Crippen molar-refractivity contribution in [2.45, 2.75) is 32.7 Å². The van der Waals surface area contributed by atoms with Gasteiger partial charge < -0.3 is 11.1 Å². The Bertz CT molecular complexity index is 271. The summed E-state index contributed by atoms with van der Waals surface area (Å²) < 4.78 is 0. The van der Waals surface area contributed by atoms with Crippen LogP contribution in [0.15, 0.2) is 24.3 Å². The van der Waals surface area contributed by atoms with E-state index >= 15 is 0 Å². The van der Waals surface area contributed by atoms with Crippen LogP contribution in [0.25, 0.3) is 0 Å². The van der Waals surface area contributed by atoms with Crippen molar-refractivity contribution in [3.63, 3.8) is 0 Å². The summed E-state index contributed by atoms with van der Waals surface area (Å²) in [6.45, 7) is 5.41. The van der Waals surface area contributed by atoms with Crippen molar-refractivity contribution in [2.75, 3.05) is 12.3 Å². The number of nitrogens with one attached hydrogen (secondary N) is 1. The summed E-state index contributed by atoms with van der Waals surface area (Å²) in [7, 11) is 0. The first-order chi connectivity index (χ1) is 6.75. The number of rotatable bonds is 5. The van der Waals surface area contributed by atoms with Gasteiger partial charge in [0.1, 0.15) is 0 Å². The standard InChI is InChI=1S/C12H20N2/c1-3-4-9-14-10(2)11-7-5-6-8-12(11)13/h5-8,10,14H,3-4,9,13H2,1-2H3. The van der Waals surface area contributed by atoms with Crippen molar-refractivity contribution in [1.82, 2.24) is 5.32 Å². The fourth-order valence-electron chi connectivity index (χ4n) is 1.51. The van der Waals surface area contributed by atoms with Gasteiger partial charge in [0.2, 0.25) is 0 Å². The molecule has 0 saturated carbocycles. The third kappa shape index (κ3) is 3.04. The lowest BCUT2D eigenvalue weighted by molar-refractivity contribution is 0.555. The molecule has 0 heterocycles. The van der Waals surface area contributed by atoms with Crippen molar-refractivity contribution in [3.8, 4) is 0 Å². The number of unbranched alkanes of at least 4 members (excludes halogenated alkanes) is 1. The van der Waals surface area contributed by atoms with Gasteiger partial charge in [0.15, 0.2) is 0 Å². The van der Waals surface area contributed by atoms with E-state index in [1.165, 1.54) is 18.4 Å². The van der Waals surface area contributed by atoms with Crippen molar-refractivity contribution < 1.29 is 0 Å². The molecule has 1 aromatic rings. The molecule has 14 heavy (non-hydrogen) atoms. The average Bonchev–Trinajstić information content (AvgIpc) is 2.18. The number of nitrogens with two attached hydrogens (primary N) is 1.